The van der Waals surface area contributed by atoms with Crippen LogP contribution in [-0.2, 0) is 13.0 Å². The maximum atomic E-state index is 10.4. The van der Waals surface area contributed by atoms with E-state index in [0.717, 1.165) is 42.0 Å². The Morgan fingerprint density at radius 2 is 2.09 bits per heavy atom. The lowest BCUT2D eigenvalue weighted by Gasteiger charge is -2.21. The van der Waals surface area contributed by atoms with Crippen molar-refractivity contribution in [1.29, 1.82) is 0 Å². The quantitative estimate of drug-likeness (QED) is 0.878. The third-order valence-corrected chi connectivity index (χ3v) is 4.90. The second-order valence-electron chi connectivity index (χ2n) is 6.20. The van der Waals surface area contributed by atoms with Crippen LogP contribution >= 0.6 is 23.2 Å². The molecule has 0 radical (unpaired) electrons. The number of aromatic nitrogens is 2. The first-order valence-corrected chi connectivity index (χ1v) is 8.44. The van der Waals surface area contributed by atoms with Gasteiger partial charge in [-0.05, 0) is 37.0 Å². The summed E-state index contributed by atoms with van der Waals surface area (Å²) in [5.41, 5.74) is 3.08. The standard InChI is InChI=1S/C17H20Cl2N2O/c1-10(2)17-20-14-4-3-5-15(22)16(14)21(17)9-11-6-7-12(18)13(19)8-11/h6-8,10,15,22H,3-5,9H2,1-2H3/t15-/m1/s1. The lowest BCUT2D eigenvalue weighted by atomic mass is 9.98. The predicted molar refractivity (Wildman–Crippen MR) is 89.8 cm³/mol. The van der Waals surface area contributed by atoms with E-state index in [4.69, 9.17) is 28.2 Å². The highest BCUT2D eigenvalue weighted by atomic mass is 35.5. The van der Waals surface area contributed by atoms with Crippen LogP contribution in [0, 0.1) is 0 Å². The van der Waals surface area contributed by atoms with Crippen LogP contribution < -0.4 is 0 Å². The van der Waals surface area contributed by atoms with Crippen LogP contribution in [0.4, 0.5) is 0 Å². The second-order valence-corrected chi connectivity index (χ2v) is 7.01. The Hall–Kier alpha value is -1.03. The molecule has 22 heavy (non-hydrogen) atoms. The molecule has 1 aliphatic rings. The molecule has 1 aliphatic carbocycles. The van der Waals surface area contributed by atoms with E-state index < -0.39 is 6.10 Å². The van der Waals surface area contributed by atoms with Gasteiger partial charge >= 0.3 is 0 Å². The first kappa shape index (κ1) is 15.9. The SMILES string of the molecule is CC(C)c1nc2c(n1Cc1ccc(Cl)c(Cl)c1)[C@H](O)CCC2. The van der Waals surface area contributed by atoms with Gasteiger partial charge in [-0.15, -0.1) is 0 Å². The average molecular weight is 339 g/mol. The van der Waals surface area contributed by atoms with Crippen molar-refractivity contribution in [3.8, 4) is 0 Å². The Balaban J connectivity index is 2.04. The number of aliphatic hydroxyl groups is 1. The van der Waals surface area contributed by atoms with E-state index in [2.05, 4.69) is 18.4 Å². The fourth-order valence-electron chi connectivity index (χ4n) is 3.12. The number of rotatable bonds is 3. The summed E-state index contributed by atoms with van der Waals surface area (Å²) in [7, 11) is 0. The molecule has 0 aliphatic heterocycles. The number of fused-ring (bicyclic) bond motifs is 1. The molecule has 1 aromatic carbocycles. The highest BCUT2D eigenvalue weighted by Gasteiger charge is 2.27. The zero-order valence-electron chi connectivity index (χ0n) is 12.8. The molecular formula is C17H20Cl2N2O. The van der Waals surface area contributed by atoms with Gasteiger partial charge in [-0.2, -0.15) is 0 Å². The Labute approximate surface area is 140 Å². The molecule has 0 bridgehead atoms. The molecule has 3 rings (SSSR count). The molecule has 0 amide bonds. The number of hydrogen-bond donors (Lipinski definition) is 1. The average Bonchev–Trinajstić information content (AvgIpc) is 2.83. The summed E-state index contributed by atoms with van der Waals surface area (Å²) in [6.07, 6.45) is 2.32. The smallest absolute Gasteiger partial charge is 0.112 e. The van der Waals surface area contributed by atoms with Crippen LogP contribution in [0.5, 0.6) is 0 Å². The van der Waals surface area contributed by atoms with Crippen molar-refractivity contribution >= 4 is 23.2 Å². The maximum Gasteiger partial charge on any atom is 0.112 e. The summed E-state index contributed by atoms with van der Waals surface area (Å²) in [5.74, 6) is 1.33. The third-order valence-electron chi connectivity index (χ3n) is 4.16. The van der Waals surface area contributed by atoms with Gasteiger partial charge in [0, 0.05) is 12.5 Å². The van der Waals surface area contributed by atoms with Gasteiger partial charge in [0.1, 0.15) is 5.82 Å². The van der Waals surface area contributed by atoms with E-state index in [-0.39, 0.29) is 0 Å². The van der Waals surface area contributed by atoms with Crippen LogP contribution in [0.25, 0.3) is 0 Å². The van der Waals surface area contributed by atoms with E-state index in [9.17, 15) is 5.11 Å². The molecule has 0 unspecified atom stereocenters. The van der Waals surface area contributed by atoms with Crippen LogP contribution in [0.1, 0.15) is 61.5 Å². The predicted octanol–water partition coefficient (Wildman–Crippen LogP) is 4.73. The van der Waals surface area contributed by atoms with Crippen molar-refractivity contribution in [2.75, 3.05) is 0 Å². The van der Waals surface area contributed by atoms with E-state index >= 15 is 0 Å². The monoisotopic (exact) mass is 338 g/mol. The second kappa shape index (κ2) is 6.23. The summed E-state index contributed by atoms with van der Waals surface area (Å²) in [5, 5.41) is 11.5. The minimum absolute atomic E-state index is 0.306. The first-order chi connectivity index (χ1) is 10.5. The van der Waals surface area contributed by atoms with Gasteiger partial charge < -0.3 is 9.67 Å². The van der Waals surface area contributed by atoms with Gasteiger partial charge in [-0.3, -0.25) is 0 Å². The Morgan fingerprint density at radius 3 is 2.77 bits per heavy atom. The fourth-order valence-corrected chi connectivity index (χ4v) is 3.44. The number of hydrogen-bond acceptors (Lipinski definition) is 2. The minimum Gasteiger partial charge on any atom is -0.387 e. The molecule has 1 atom stereocenters. The molecule has 5 heteroatoms. The van der Waals surface area contributed by atoms with E-state index in [1.54, 1.807) is 0 Å². The number of aliphatic hydroxyl groups excluding tert-OH is 1. The van der Waals surface area contributed by atoms with Crippen molar-refractivity contribution in [2.45, 2.75) is 51.7 Å². The number of benzene rings is 1. The van der Waals surface area contributed by atoms with E-state index in [0.29, 0.717) is 22.5 Å². The maximum absolute atomic E-state index is 10.4. The number of aryl methyl sites for hydroxylation is 1. The summed E-state index contributed by atoms with van der Waals surface area (Å²) in [6.45, 7) is 4.92. The number of imidazole rings is 1. The van der Waals surface area contributed by atoms with Gasteiger partial charge in [-0.25, -0.2) is 4.98 Å². The molecule has 3 nitrogen and oxygen atoms in total. The normalized spacial score (nSPS) is 17.8. The molecule has 0 spiro atoms. The van der Waals surface area contributed by atoms with Crippen molar-refractivity contribution in [2.24, 2.45) is 0 Å². The molecule has 0 saturated carbocycles. The highest BCUT2D eigenvalue weighted by molar-refractivity contribution is 6.42. The number of nitrogens with zero attached hydrogens (tertiary/aromatic N) is 2. The van der Waals surface area contributed by atoms with Crippen LogP contribution in [0.3, 0.4) is 0 Å². The lowest BCUT2D eigenvalue weighted by molar-refractivity contribution is 0.147. The summed E-state index contributed by atoms with van der Waals surface area (Å²) in [6, 6.07) is 5.67. The summed E-state index contributed by atoms with van der Waals surface area (Å²) >= 11 is 12.1. The first-order valence-electron chi connectivity index (χ1n) is 7.68. The Bertz CT molecular complexity index is 694. The molecule has 1 heterocycles. The van der Waals surface area contributed by atoms with Gasteiger partial charge in [0.2, 0.25) is 0 Å². The zero-order chi connectivity index (χ0) is 15.9. The van der Waals surface area contributed by atoms with Gasteiger partial charge in [0.25, 0.3) is 0 Å². The van der Waals surface area contributed by atoms with Crippen LogP contribution in [-0.4, -0.2) is 14.7 Å². The molecule has 0 saturated heterocycles. The van der Waals surface area contributed by atoms with Crippen molar-refractivity contribution in [3.63, 3.8) is 0 Å². The Morgan fingerprint density at radius 1 is 1.32 bits per heavy atom. The summed E-state index contributed by atoms with van der Waals surface area (Å²) < 4.78 is 2.16. The van der Waals surface area contributed by atoms with Gasteiger partial charge in [0.15, 0.2) is 0 Å². The van der Waals surface area contributed by atoms with Crippen molar-refractivity contribution < 1.29 is 5.11 Å². The van der Waals surface area contributed by atoms with E-state index in [1.165, 1.54) is 0 Å². The topological polar surface area (TPSA) is 38.0 Å². The Kier molecular flexibility index (Phi) is 4.49. The van der Waals surface area contributed by atoms with Gasteiger partial charge in [-0.1, -0.05) is 43.1 Å². The molecule has 1 N–H and O–H groups in total. The molecule has 2 aromatic rings. The van der Waals surface area contributed by atoms with Crippen molar-refractivity contribution in [3.05, 3.63) is 51.0 Å². The molecule has 1 aromatic heterocycles. The molecule has 0 fully saturated rings. The lowest BCUT2D eigenvalue weighted by Crippen LogP contribution is -2.16. The summed E-state index contributed by atoms with van der Waals surface area (Å²) in [4.78, 5) is 4.78. The highest BCUT2D eigenvalue weighted by Crippen LogP contribution is 2.33. The largest absolute Gasteiger partial charge is 0.387 e. The third kappa shape index (κ3) is 2.90. The van der Waals surface area contributed by atoms with Crippen molar-refractivity contribution in [1.82, 2.24) is 9.55 Å². The van der Waals surface area contributed by atoms with Gasteiger partial charge in [0.05, 0.1) is 27.5 Å². The number of halogens is 2. The van der Waals surface area contributed by atoms with Crippen LogP contribution in [0.2, 0.25) is 10.0 Å². The minimum atomic E-state index is -0.425. The molecule has 118 valence electrons. The zero-order valence-corrected chi connectivity index (χ0v) is 14.3. The molecular weight excluding hydrogens is 319 g/mol. The van der Waals surface area contributed by atoms with E-state index in [1.807, 2.05) is 18.2 Å². The van der Waals surface area contributed by atoms with Crippen LogP contribution in [0.15, 0.2) is 18.2 Å². The fraction of sp³-hybridized carbons (Fsp3) is 0.471.